The molecule has 0 aliphatic carbocycles. The Hall–Kier alpha value is -2.74. The molecule has 0 saturated carbocycles. The lowest BCUT2D eigenvalue weighted by molar-refractivity contribution is -0.384. The number of nitro benzene ring substituents is 1. The van der Waals surface area contributed by atoms with Gasteiger partial charge in [0.25, 0.3) is 5.69 Å². The van der Waals surface area contributed by atoms with Crippen LogP contribution in [0.4, 0.5) is 5.69 Å². The van der Waals surface area contributed by atoms with Crippen LogP contribution < -0.4 is 0 Å². The number of nitro groups is 1. The molecule has 1 heterocycles. The molecule has 0 fully saturated rings. The number of hydrogen-bond donors (Lipinski definition) is 0. The number of esters is 2. The van der Waals surface area contributed by atoms with Crippen LogP contribution in [0, 0.1) is 10.1 Å². The molecular formula is C14H11NO6S. The van der Waals surface area contributed by atoms with Gasteiger partial charge in [0.2, 0.25) is 0 Å². The fourth-order valence-electron chi connectivity index (χ4n) is 1.81. The fraction of sp³-hybridized carbons (Fsp3) is 0.143. The zero-order chi connectivity index (χ0) is 16.3. The zero-order valence-corrected chi connectivity index (χ0v) is 12.5. The Labute approximate surface area is 128 Å². The summed E-state index contributed by atoms with van der Waals surface area (Å²) in [5.41, 5.74) is 0.0861. The van der Waals surface area contributed by atoms with Gasteiger partial charge in [-0.2, -0.15) is 0 Å². The van der Waals surface area contributed by atoms with E-state index in [1.54, 1.807) is 6.07 Å². The average Bonchev–Trinajstić information content (AvgIpc) is 2.93. The summed E-state index contributed by atoms with van der Waals surface area (Å²) in [6, 6.07) is 4.44. The molecule has 0 spiro atoms. The molecule has 0 saturated heterocycles. The SMILES string of the molecule is COC(=O)C=Cc1cc2sc(C(=O)OC)cc2cc1[N+](=O)[O-]. The van der Waals surface area contributed by atoms with Crippen molar-refractivity contribution in [1.29, 1.82) is 0 Å². The van der Waals surface area contributed by atoms with Crippen LogP contribution in [0.1, 0.15) is 15.2 Å². The first-order chi connectivity index (χ1) is 10.5. The van der Waals surface area contributed by atoms with Crippen LogP contribution in [-0.2, 0) is 14.3 Å². The Morgan fingerprint density at radius 3 is 2.55 bits per heavy atom. The molecule has 1 aromatic heterocycles. The Morgan fingerprint density at radius 1 is 1.23 bits per heavy atom. The summed E-state index contributed by atoms with van der Waals surface area (Å²) < 4.78 is 9.76. The summed E-state index contributed by atoms with van der Waals surface area (Å²) in [4.78, 5) is 33.6. The van der Waals surface area contributed by atoms with Crippen LogP contribution in [0.2, 0.25) is 0 Å². The van der Waals surface area contributed by atoms with E-state index in [4.69, 9.17) is 0 Å². The monoisotopic (exact) mass is 321 g/mol. The Kier molecular flexibility index (Phi) is 4.52. The molecule has 22 heavy (non-hydrogen) atoms. The predicted molar refractivity (Wildman–Crippen MR) is 80.9 cm³/mol. The third kappa shape index (κ3) is 3.12. The third-order valence-corrected chi connectivity index (χ3v) is 3.93. The largest absolute Gasteiger partial charge is 0.466 e. The van der Waals surface area contributed by atoms with E-state index in [2.05, 4.69) is 9.47 Å². The number of carbonyl (C=O) groups is 2. The van der Waals surface area contributed by atoms with Gasteiger partial charge in [-0.15, -0.1) is 11.3 Å². The lowest BCUT2D eigenvalue weighted by atomic mass is 10.1. The van der Waals surface area contributed by atoms with E-state index in [1.807, 2.05) is 0 Å². The van der Waals surface area contributed by atoms with Gasteiger partial charge < -0.3 is 9.47 Å². The van der Waals surface area contributed by atoms with Gasteiger partial charge in [0.1, 0.15) is 4.88 Å². The van der Waals surface area contributed by atoms with Gasteiger partial charge in [-0.05, 0) is 18.2 Å². The molecular weight excluding hydrogens is 310 g/mol. The molecule has 0 N–H and O–H groups in total. The number of thiophene rings is 1. The first-order valence-corrected chi connectivity index (χ1v) is 6.84. The van der Waals surface area contributed by atoms with Crippen molar-refractivity contribution < 1.29 is 24.0 Å². The van der Waals surface area contributed by atoms with Crippen molar-refractivity contribution in [1.82, 2.24) is 0 Å². The third-order valence-electron chi connectivity index (χ3n) is 2.85. The molecule has 0 radical (unpaired) electrons. The predicted octanol–water partition coefficient (Wildman–Crippen LogP) is 2.78. The fourth-order valence-corrected chi connectivity index (χ4v) is 2.82. The highest BCUT2D eigenvalue weighted by atomic mass is 32.1. The van der Waals surface area contributed by atoms with Gasteiger partial charge >= 0.3 is 11.9 Å². The van der Waals surface area contributed by atoms with E-state index < -0.39 is 16.9 Å². The number of fused-ring (bicyclic) bond motifs is 1. The molecule has 1 aromatic carbocycles. The number of methoxy groups -OCH3 is 2. The molecule has 0 aliphatic heterocycles. The van der Waals surface area contributed by atoms with Gasteiger partial charge in [0.15, 0.2) is 0 Å². The number of rotatable bonds is 4. The van der Waals surface area contributed by atoms with Crippen molar-refractivity contribution in [2.24, 2.45) is 0 Å². The molecule has 0 bridgehead atoms. The Balaban J connectivity index is 2.56. The molecule has 0 unspecified atom stereocenters. The molecule has 0 atom stereocenters. The molecule has 2 rings (SSSR count). The van der Waals surface area contributed by atoms with Crippen LogP contribution >= 0.6 is 11.3 Å². The van der Waals surface area contributed by atoms with Crippen LogP contribution in [0.3, 0.4) is 0 Å². The maximum atomic E-state index is 11.5. The van der Waals surface area contributed by atoms with Gasteiger partial charge in [-0.25, -0.2) is 9.59 Å². The lowest BCUT2D eigenvalue weighted by Gasteiger charge is -1.98. The van der Waals surface area contributed by atoms with Crippen LogP contribution in [0.5, 0.6) is 0 Å². The van der Waals surface area contributed by atoms with Crippen LogP contribution in [0.15, 0.2) is 24.3 Å². The molecule has 2 aromatic rings. The second kappa shape index (κ2) is 6.35. The number of benzene rings is 1. The minimum Gasteiger partial charge on any atom is -0.466 e. The zero-order valence-electron chi connectivity index (χ0n) is 11.7. The molecule has 7 nitrogen and oxygen atoms in total. The van der Waals surface area contributed by atoms with E-state index >= 15 is 0 Å². The van der Waals surface area contributed by atoms with Gasteiger partial charge in [0, 0.05) is 22.2 Å². The van der Waals surface area contributed by atoms with Crippen molar-refractivity contribution in [2.75, 3.05) is 14.2 Å². The van der Waals surface area contributed by atoms with E-state index in [-0.39, 0.29) is 11.3 Å². The molecule has 0 aliphatic rings. The van der Waals surface area contributed by atoms with E-state index in [9.17, 15) is 19.7 Å². The first kappa shape index (κ1) is 15.6. The summed E-state index contributed by atoms with van der Waals surface area (Å²) in [6.45, 7) is 0. The van der Waals surface area contributed by atoms with Crippen molar-refractivity contribution in [3.05, 3.63) is 44.8 Å². The summed E-state index contributed by atoms with van der Waals surface area (Å²) in [5.74, 6) is -1.12. The summed E-state index contributed by atoms with van der Waals surface area (Å²) in [5, 5.41) is 11.7. The van der Waals surface area contributed by atoms with E-state index in [1.165, 1.54) is 32.4 Å². The van der Waals surface area contributed by atoms with Gasteiger partial charge in [0.05, 0.1) is 24.7 Å². The first-order valence-electron chi connectivity index (χ1n) is 6.02. The Bertz CT molecular complexity index is 792. The normalized spacial score (nSPS) is 10.8. The average molecular weight is 321 g/mol. The second-order valence-electron chi connectivity index (χ2n) is 4.16. The maximum Gasteiger partial charge on any atom is 0.348 e. The van der Waals surface area contributed by atoms with Gasteiger partial charge in [-0.1, -0.05) is 0 Å². The topological polar surface area (TPSA) is 95.7 Å². The van der Waals surface area contributed by atoms with Crippen LogP contribution in [-0.4, -0.2) is 31.1 Å². The number of hydrogen-bond acceptors (Lipinski definition) is 7. The molecule has 8 heteroatoms. The summed E-state index contributed by atoms with van der Waals surface area (Å²) >= 11 is 1.16. The lowest BCUT2D eigenvalue weighted by Crippen LogP contribution is -1.96. The number of ether oxygens (including phenoxy) is 2. The standard InChI is InChI=1S/C14H11NO6S/c1-20-13(16)4-3-8-6-11-9(5-10(8)15(18)19)7-12(22-11)14(17)21-2/h3-7H,1-2H3. The second-order valence-corrected chi connectivity index (χ2v) is 5.25. The minimum absolute atomic E-state index is 0.165. The number of nitrogens with zero attached hydrogens (tertiary/aromatic N) is 1. The van der Waals surface area contributed by atoms with Crippen molar-refractivity contribution >= 4 is 45.1 Å². The minimum atomic E-state index is -0.615. The summed E-state index contributed by atoms with van der Waals surface area (Å²) in [6.07, 6.45) is 2.41. The Morgan fingerprint density at radius 2 is 1.95 bits per heavy atom. The highest BCUT2D eigenvalue weighted by molar-refractivity contribution is 7.20. The maximum absolute atomic E-state index is 11.5. The quantitative estimate of drug-likeness (QED) is 0.372. The van der Waals surface area contributed by atoms with Crippen molar-refractivity contribution in [2.45, 2.75) is 0 Å². The van der Waals surface area contributed by atoms with Crippen LogP contribution in [0.25, 0.3) is 16.2 Å². The summed E-state index contributed by atoms with van der Waals surface area (Å²) in [7, 11) is 2.48. The van der Waals surface area contributed by atoms with E-state index in [0.717, 1.165) is 17.4 Å². The van der Waals surface area contributed by atoms with Crippen molar-refractivity contribution in [3.63, 3.8) is 0 Å². The highest BCUT2D eigenvalue weighted by Gasteiger charge is 2.17. The van der Waals surface area contributed by atoms with Gasteiger partial charge in [-0.3, -0.25) is 10.1 Å². The smallest absolute Gasteiger partial charge is 0.348 e. The highest BCUT2D eigenvalue weighted by Crippen LogP contribution is 2.33. The van der Waals surface area contributed by atoms with E-state index in [0.29, 0.717) is 15.0 Å². The molecule has 114 valence electrons. The number of carbonyl (C=O) groups excluding carboxylic acids is 2. The van der Waals surface area contributed by atoms with Crippen molar-refractivity contribution in [3.8, 4) is 0 Å². The molecule has 0 amide bonds.